The molecule has 0 aliphatic rings. The van der Waals surface area contributed by atoms with Gasteiger partial charge in [0.1, 0.15) is 5.69 Å². The van der Waals surface area contributed by atoms with Crippen molar-refractivity contribution >= 4 is 66.8 Å². The van der Waals surface area contributed by atoms with Gasteiger partial charge in [0.25, 0.3) is 0 Å². The quantitative estimate of drug-likeness (QED) is 0.320. The lowest BCUT2D eigenvalue weighted by Gasteiger charge is -2.11. The normalized spacial score (nSPS) is 11.1. The zero-order valence-corrected chi connectivity index (χ0v) is 14.9. The summed E-state index contributed by atoms with van der Waals surface area (Å²) in [5.74, 6) is 0. The monoisotopic (exact) mass is 507 g/mol. The van der Waals surface area contributed by atoms with Crippen LogP contribution in [0.25, 0.3) is 0 Å². The summed E-state index contributed by atoms with van der Waals surface area (Å²) < 4.78 is 3.28. The molecular formula is C10H12BrI2N3. The molecule has 0 saturated carbocycles. The molecule has 0 N–H and O–H groups in total. The third-order valence-electron chi connectivity index (χ3n) is 1.98. The molecule has 0 aliphatic carbocycles. The van der Waals surface area contributed by atoms with Crippen molar-refractivity contribution in [2.45, 2.75) is 13.8 Å². The molecular weight excluding hydrogens is 496 g/mol. The Morgan fingerprint density at radius 1 is 1.19 bits per heavy atom. The van der Waals surface area contributed by atoms with Gasteiger partial charge in [0.05, 0.1) is 0 Å². The minimum Gasteiger partial charge on any atom is -0.279 e. The first-order valence-electron chi connectivity index (χ1n) is 4.89. The Labute approximate surface area is 131 Å². The molecule has 3 nitrogen and oxygen atoms in total. The van der Waals surface area contributed by atoms with E-state index in [1.807, 2.05) is 17.1 Å². The lowest BCUT2D eigenvalue weighted by atomic mass is 10.3. The van der Waals surface area contributed by atoms with Gasteiger partial charge in [-0.3, -0.25) is 5.01 Å². The summed E-state index contributed by atoms with van der Waals surface area (Å²) in [7, 11) is 0. The van der Waals surface area contributed by atoms with E-state index in [1.165, 1.54) is 0 Å². The van der Waals surface area contributed by atoms with Crippen LogP contribution in [0.5, 0.6) is 0 Å². The second-order valence-electron chi connectivity index (χ2n) is 3.05. The molecule has 0 bridgehead atoms. The second kappa shape index (κ2) is 7.10. The number of halogens is 3. The maximum Gasteiger partial charge on any atom is 0.114 e. The molecule has 1 rings (SSSR count). The van der Waals surface area contributed by atoms with Crippen molar-refractivity contribution in [3.05, 3.63) is 23.7 Å². The topological polar surface area (TPSA) is 28.0 Å². The van der Waals surface area contributed by atoms with E-state index in [2.05, 4.69) is 85.3 Å². The minimum atomic E-state index is 0.879. The summed E-state index contributed by atoms with van der Waals surface area (Å²) in [6, 6.07) is 4.08. The molecule has 0 spiro atoms. The Morgan fingerprint density at radius 2 is 1.69 bits per heavy atom. The summed E-state index contributed by atoms with van der Waals surface area (Å²) >= 11 is 8.01. The third-order valence-corrected chi connectivity index (χ3v) is 4.09. The van der Waals surface area contributed by atoms with Gasteiger partial charge in [0.2, 0.25) is 0 Å². The lowest BCUT2D eigenvalue weighted by molar-refractivity contribution is 0.300. The highest BCUT2D eigenvalue weighted by Crippen LogP contribution is 2.31. The first-order valence-corrected chi connectivity index (χ1v) is 7.84. The lowest BCUT2D eigenvalue weighted by Crippen LogP contribution is -2.14. The SMILES string of the molecule is CCN(CC)N=Nc1c(I)cc(Br)cc1I. The molecule has 6 heteroatoms. The van der Waals surface area contributed by atoms with Gasteiger partial charge >= 0.3 is 0 Å². The molecule has 0 atom stereocenters. The van der Waals surface area contributed by atoms with Gasteiger partial charge in [-0.05, 0) is 71.2 Å². The van der Waals surface area contributed by atoms with Crippen LogP contribution in [0, 0.1) is 7.14 Å². The number of benzene rings is 1. The molecule has 0 unspecified atom stereocenters. The Hall–Kier alpha value is 0.560. The van der Waals surface area contributed by atoms with Crippen LogP contribution in [0.2, 0.25) is 0 Å². The summed E-state index contributed by atoms with van der Waals surface area (Å²) in [6.45, 7) is 5.90. The maximum absolute atomic E-state index is 4.30. The van der Waals surface area contributed by atoms with E-state index in [-0.39, 0.29) is 0 Å². The van der Waals surface area contributed by atoms with E-state index in [9.17, 15) is 0 Å². The molecule has 0 aromatic heterocycles. The first kappa shape index (κ1) is 14.6. The zero-order valence-electron chi connectivity index (χ0n) is 9.04. The molecule has 0 saturated heterocycles. The Morgan fingerprint density at radius 3 is 2.12 bits per heavy atom. The number of nitrogens with zero attached hydrogens (tertiary/aromatic N) is 3. The predicted octanol–water partition coefficient (Wildman–Crippen LogP) is 5.00. The Bertz CT molecular complexity index is 369. The van der Waals surface area contributed by atoms with E-state index in [0.29, 0.717) is 0 Å². The van der Waals surface area contributed by atoms with Crippen molar-refractivity contribution in [3.8, 4) is 0 Å². The number of hydrogen-bond donors (Lipinski definition) is 0. The van der Waals surface area contributed by atoms with Crippen molar-refractivity contribution in [1.29, 1.82) is 0 Å². The fourth-order valence-electron chi connectivity index (χ4n) is 1.09. The van der Waals surface area contributed by atoms with E-state index in [0.717, 1.165) is 30.4 Å². The largest absolute Gasteiger partial charge is 0.279 e. The van der Waals surface area contributed by atoms with Gasteiger partial charge in [0, 0.05) is 24.7 Å². The van der Waals surface area contributed by atoms with Crippen LogP contribution in [-0.2, 0) is 0 Å². The van der Waals surface area contributed by atoms with Gasteiger partial charge in [0.15, 0.2) is 0 Å². The molecule has 0 radical (unpaired) electrons. The molecule has 0 aliphatic heterocycles. The van der Waals surface area contributed by atoms with Gasteiger partial charge in [-0.2, -0.15) is 0 Å². The smallest absolute Gasteiger partial charge is 0.114 e. The average molecular weight is 508 g/mol. The highest BCUT2D eigenvalue weighted by atomic mass is 127. The van der Waals surface area contributed by atoms with Crippen molar-refractivity contribution < 1.29 is 0 Å². The van der Waals surface area contributed by atoms with Crippen LogP contribution in [-0.4, -0.2) is 18.1 Å². The van der Waals surface area contributed by atoms with Crippen molar-refractivity contribution in [2.24, 2.45) is 10.3 Å². The van der Waals surface area contributed by atoms with E-state index in [1.54, 1.807) is 0 Å². The molecule has 16 heavy (non-hydrogen) atoms. The number of rotatable bonds is 4. The van der Waals surface area contributed by atoms with E-state index in [4.69, 9.17) is 0 Å². The second-order valence-corrected chi connectivity index (χ2v) is 6.29. The van der Waals surface area contributed by atoms with Crippen molar-refractivity contribution in [3.63, 3.8) is 0 Å². The number of hydrogen-bond acceptors (Lipinski definition) is 2. The third kappa shape index (κ3) is 4.10. The first-order chi connectivity index (χ1) is 7.58. The average Bonchev–Trinajstić information content (AvgIpc) is 2.22. The molecule has 0 fully saturated rings. The highest BCUT2D eigenvalue weighted by molar-refractivity contribution is 14.1. The van der Waals surface area contributed by atoms with E-state index >= 15 is 0 Å². The van der Waals surface area contributed by atoms with Gasteiger partial charge < -0.3 is 0 Å². The van der Waals surface area contributed by atoms with Crippen LogP contribution >= 0.6 is 61.1 Å². The summed E-state index contributed by atoms with van der Waals surface area (Å²) in [4.78, 5) is 0. The molecule has 0 amide bonds. The molecule has 1 aromatic carbocycles. The fraction of sp³-hybridized carbons (Fsp3) is 0.400. The van der Waals surface area contributed by atoms with Crippen LogP contribution < -0.4 is 0 Å². The van der Waals surface area contributed by atoms with Crippen LogP contribution in [0.4, 0.5) is 5.69 Å². The van der Waals surface area contributed by atoms with Crippen molar-refractivity contribution in [1.82, 2.24) is 5.01 Å². The Kier molecular flexibility index (Phi) is 6.48. The minimum absolute atomic E-state index is 0.879. The maximum atomic E-state index is 4.30. The van der Waals surface area contributed by atoms with E-state index < -0.39 is 0 Å². The summed E-state index contributed by atoms with van der Waals surface area (Å²) in [5.41, 5.74) is 0.941. The van der Waals surface area contributed by atoms with Crippen LogP contribution in [0.3, 0.4) is 0 Å². The van der Waals surface area contributed by atoms with Gasteiger partial charge in [-0.1, -0.05) is 21.2 Å². The zero-order chi connectivity index (χ0) is 12.1. The van der Waals surface area contributed by atoms with Crippen LogP contribution in [0.15, 0.2) is 26.9 Å². The van der Waals surface area contributed by atoms with Gasteiger partial charge in [-0.15, -0.1) is 5.11 Å². The Balaban J connectivity index is 2.97. The summed E-state index contributed by atoms with van der Waals surface area (Å²) in [6.07, 6.45) is 0. The van der Waals surface area contributed by atoms with Crippen LogP contribution in [0.1, 0.15) is 13.8 Å². The van der Waals surface area contributed by atoms with Crippen molar-refractivity contribution in [2.75, 3.05) is 13.1 Å². The standard InChI is InChI=1S/C10H12BrI2N3/c1-3-16(4-2)15-14-10-8(12)5-7(11)6-9(10)13/h5-6H,3-4H2,1-2H3. The fourth-order valence-corrected chi connectivity index (χ4v) is 4.39. The molecule has 0 heterocycles. The predicted molar refractivity (Wildman–Crippen MR) is 87.0 cm³/mol. The highest BCUT2D eigenvalue weighted by Gasteiger charge is 2.06. The summed E-state index contributed by atoms with van der Waals surface area (Å²) in [5, 5.41) is 10.4. The van der Waals surface area contributed by atoms with Gasteiger partial charge in [-0.25, -0.2) is 0 Å². The molecule has 1 aromatic rings. The molecule has 88 valence electrons.